The first kappa shape index (κ1) is 16.4. The minimum absolute atomic E-state index is 0.133. The number of nitrogens with one attached hydrogen (secondary N) is 1. The highest BCUT2D eigenvalue weighted by atomic mass is 32.2. The lowest BCUT2D eigenvalue weighted by Crippen LogP contribution is -2.33. The molecule has 3 N–H and O–H groups in total. The molecule has 0 amide bonds. The first-order chi connectivity index (χ1) is 10.0. The largest absolute Gasteiger partial charge is 0.381 e. The molecule has 118 valence electrons. The number of hydrogen-bond donors (Lipinski definition) is 2. The average Bonchev–Trinajstić information content (AvgIpc) is 2.53. The Bertz CT molecular complexity index is 554. The van der Waals surface area contributed by atoms with Gasteiger partial charge >= 0.3 is 0 Å². The fraction of sp³-hybridized carbons (Fsp3) is 0.600. The molecule has 1 aromatic carbocycles. The summed E-state index contributed by atoms with van der Waals surface area (Å²) in [7, 11) is -3.49. The van der Waals surface area contributed by atoms with Crippen LogP contribution in [0.25, 0.3) is 0 Å². The summed E-state index contributed by atoms with van der Waals surface area (Å²) in [4.78, 5) is 0.278. The van der Waals surface area contributed by atoms with Crippen molar-refractivity contribution in [2.45, 2.75) is 37.1 Å². The summed E-state index contributed by atoms with van der Waals surface area (Å²) < 4.78 is 32.7. The summed E-state index contributed by atoms with van der Waals surface area (Å²) >= 11 is 0. The minimum Gasteiger partial charge on any atom is -0.381 e. The number of nitrogens with two attached hydrogens (primary N) is 1. The van der Waals surface area contributed by atoms with Crippen LogP contribution in [-0.4, -0.2) is 28.2 Å². The van der Waals surface area contributed by atoms with Crippen molar-refractivity contribution in [1.82, 2.24) is 4.72 Å². The van der Waals surface area contributed by atoms with E-state index in [4.69, 9.17) is 10.5 Å². The second-order valence-electron chi connectivity index (χ2n) is 5.52. The first-order valence-corrected chi connectivity index (χ1v) is 8.94. The molecule has 1 saturated heterocycles. The van der Waals surface area contributed by atoms with Crippen LogP contribution in [0, 0.1) is 5.92 Å². The van der Waals surface area contributed by atoms with E-state index < -0.39 is 10.0 Å². The van der Waals surface area contributed by atoms with Crippen molar-refractivity contribution in [2.24, 2.45) is 11.7 Å². The molecule has 0 saturated carbocycles. The molecule has 1 aromatic rings. The van der Waals surface area contributed by atoms with Gasteiger partial charge in [-0.25, -0.2) is 13.1 Å². The summed E-state index contributed by atoms with van der Waals surface area (Å²) in [6.45, 7) is 3.81. The maximum Gasteiger partial charge on any atom is 0.240 e. The third kappa shape index (κ3) is 4.51. The summed E-state index contributed by atoms with van der Waals surface area (Å²) in [6.07, 6.45) is 2.77. The maximum atomic E-state index is 12.3. The van der Waals surface area contributed by atoms with Gasteiger partial charge in [0.2, 0.25) is 10.0 Å². The van der Waals surface area contributed by atoms with E-state index in [9.17, 15) is 8.42 Å². The van der Waals surface area contributed by atoms with Crippen LogP contribution in [0.15, 0.2) is 29.2 Å². The predicted octanol–water partition coefficient (Wildman–Crippen LogP) is 1.80. The van der Waals surface area contributed by atoms with Crippen LogP contribution in [0.3, 0.4) is 0 Å². The zero-order valence-electron chi connectivity index (χ0n) is 12.4. The Hall–Kier alpha value is -0.950. The Kier molecular flexibility index (Phi) is 5.75. The van der Waals surface area contributed by atoms with Gasteiger partial charge in [0.1, 0.15) is 0 Å². The van der Waals surface area contributed by atoms with Gasteiger partial charge in [0.25, 0.3) is 0 Å². The molecular formula is C15H24N2O3S. The molecule has 0 aliphatic carbocycles. The molecule has 2 rings (SSSR count). The third-order valence-corrected chi connectivity index (χ3v) is 5.27. The molecule has 5 nitrogen and oxygen atoms in total. The lowest BCUT2D eigenvalue weighted by atomic mass is 10.0. The standard InChI is InChI=1S/C15H24N2O3S/c1-2-15(16)13-6-3-7-14(9-13)21(18,19)17-10-12-5-4-8-20-11-12/h3,6-7,9,12,15,17H,2,4-5,8,10-11,16H2,1H3. The smallest absolute Gasteiger partial charge is 0.240 e. The number of benzene rings is 1. The van der Waals surface area contributed by atoms with Crippen LogP contribution in [-0.2, 0) is 14.8 Å². The van der Waals surface area contributed by atoms with Crippen molar-refractivity contribution in [3.05, 3.63) is 29.8 Å². The first-order valence-electron chi connectivity index (χ1n) is 7.46. The van der Waals surface area contributed by atoms with Crippen molar-refractivity contribution in [3.8, 4) is 0 Å². The van der Waals surface area contributed by atoms with Gasteiger partial charge in [0, 0.05) is 19.2 Å². The Labute approximate surface area is 126 Å². The summed E-state index contributed by atoms with van der Waals surface area (Å²) in [6, 6.07) is 6.73. The van der Waals surface area contributed by atoms with E-state index in [-0.39, 0.29) is 16.9 Å². The third-order valence-electron chi connectivity index (χ3n) is 3.85. The molecule has 0 bridgehead atoms. The fourth-order valence-corrected chi connectivity index (χ4v) is 3.60. The van der Waals surface area contributed by atoms with Crippen molar-refractivity contribution < 1.29 is 13.2 Å². The Morgan fingerprint density at radius 1 is 1.48 bits per heavy atom. The summed E-state index contributed by atoms with van der Waals surface area (Å²) in [5.74, 6) is 0.259. The van der Waals surface area contributed by atoms with Crippen molar-refractivity contribution >= 4 is 10.0 Å². The monoisotopic (exact) mass is 312 g/mol. The number of hydrogen-bond acceptors (Lipinski definition) is 4. The number of sulfonamides is 1. The molecule has 0 aromatic heterocycles. The summed E-state index contributed by atoms with van der Waals surface area (Å²) in [5, 5.41) is 0. The zero-order valence-corrected chi connectivity index (χ0v) is 13.2. The van der Waals surface area contributed by atoms with Gasteiger partial charge in [0.05, 0.1) is 11.5 Å². The molecule has 1 fully saturated rings. The average molecular weight is 312 g/mol. The zero-order chi connectivity index (χ0) is 15.3. The SMILES string of the molecule is CCC(N)c1cccc(S(=O)(=O)NCC2CCCOC2)c1. The van der Waals surface area contributed by atoms with E-state index in [2.05, 4.69) is 4.72 Å². The lowest BCUT2D eigenvalue weighted by molar-refractivity contribution is 0.0568. The van der Waals surface area contributed by atoms with Crippen LogP contribution < -0.4 is 10.5 Å². The van der Waals surface area contributed by atoms with Gasteiger partial charge in [-0.2, -0.15) is 0 Å². The molecule has 0 spiro atoms. The number of rotatable bonds is 6. The molecule has 2 unspecified atom stereocenters. The number of ether oxygens (including phenoxy) is 1. The van der Waals surface area contributed by atoms with Crippen LogP contribution in [0.2, 0.25) is 0 Å². The molecule has 6 heteroatoms. The minimum atomic E-state index is -3.49. The van der Waals surface area contributed by atoms with Crippen LogP contribution in [0.4, 0.5) is 0 Å². The van der Waals surface area contributed by atoms with Gasteiger partial charge < -0.3 is 10.5 Å². The predicted molar refractivity (Wildman–Crippen MR) is 82.4 cm³/mol. The highest BCUT2D eigenvalue weighted by Gasteiger charge is 2.19. The highest BCUT2D eigenvalue weighted by molar-refractivity contribution is 7.89. The molecule has 0 radical (unpaired) electrons. The van der Waals surface area contributed by atoms with Crippen molar-refractivity contribution in [2.75, 3.05) is 19.8 Å². The van der Waals surface area contributed by atoms with Gasteiger partial charge in [0.15, 0.2) is 0 Å². The van der Waals surface area contributed by atoms with E-state index in [1.807, 2.05) is 13.0 Å². The van der Waals surface area contributed by atoms with Crippen molar-refractivity contribution in [3.63, 3.8) is 0 Å². The van der Waals surface area contributed by atoms with Crippen LogP contribution >= 0.6 is 0 Å². The van der Waals surface area contributed by atoms with E-state index in [1.165, 1.54) is 0 Å². The molecule has 1 aliphatic heterocycles. The molecule has 1 aliphatic rings. The summed E-state index contributed by atoms with van der Waals surface area (Å²) in [5.41, 5.74) is 6.81. The molecule has 2 atom stereocenters. The fourth-order valence-electron chi connectivity index (χ4n) is 2.43. The lowest BCUT2D eigenvalue weighted by Gasteiger charge is -2.22. The van der Waals surface area contributed by atoms with Gasteiger partial charge in [-0.05, 0) is 42.9 Å². The Morgan fingerprint density at radius 3 is 2.95 bits per heavy atom. The van der Waals surface area contributed by atoms with Crippen LogP contribution in [0.5, 0.6) is 0 Å². The van der Waals surface area contributed by atoms with E-state index in [0.29, 0.717) is 13.2 Å². The van der Waals surface area contributed by atoms with Gasteiger partial charge in [-0.1, -0.05) is 19.1 Å². The Balaban J connectivity index is 2.04. The van der Waals surface area contributed by atoms with E-state index in [0.717, 1.165) is 31.4 Å². The maximum absolute atomic E-state index is 12.3. The van der Waals surface area contributed by atoms with E-state index in [1.54, 1.807) is 18.2 Å². The van der Waals surface area contributed by atoms with E-state index >= 15 is 0 Å². The van der Waals surface area contributed by atoms with Gasteiger partial charge in [-0.15, -0.1) is 0 Å². The second kappa shape index (κ2) is 7.35. The normalized spacial score (nSPS) is 21.1. The second-order valence-corrected chi connectivity index (χ2v) is 7.29. The highest BCUT2D eigenvalue weighted by Crippen LogP contribution is 2.19. The molecular weight excluding hydrogens is 288 g/mol. The molecule has 1 heterocycles. The van der Waals surface area contributed by atoms with Crippen LogP contribution in [0.1, 0.15) is 37.8 Å². The Morgan fingerprint density at radius 2 is 2.29 bits per heavy atom. The van der Waals surface area contributed by atoms with Crippen molar-refractivity contribution in [1.29, 1.82) is 0 Å². The quantitative estimate of drug-likeness (QED) is 0.839. The van der Waals surface area contributed by atoms with Gasteiger partial charge in [-0.3, -0.25) is 0 Å². The topological polar surface area (TPSA) is 81.4 Å². The molecule has 21 heavy (non-hydrogen) atoms.